The van der Waals surface area contributed by atoms with E-state index in [9.17, 15) is 8.42 Å². The van der Waals surface area contributed by atoms with Gasteiger partial charge in [-0.15, -0.1) is 4.40 Å². The van der Waals surface area contributed by atoms with Crippen LogP contribution in [0.1, 0.15) is 46.0 Å². The van der Waals surface area contributed by atoms with Crippen molar-refractivity contribution in [3.8, 4) is 0 Å². The summed E-state index contributed by atoms with van der Waals surface area (Å²) in [4.78, 5) is 15.7. The fraction of sp³-hybridized carbons (Fsp3) is 0.500. The molecule has 1 heterocycles. The lowest BCUT2D eigenvalue weighted by atomic mass is 9.96. The number of nitrogens with one attached hydrogen (secondary N) is 2. The number of nitrogens with zero attached hydrogens (tertiary/aromatic N) is 5. The van der Waals surface area contributed by atoms with E-state index in [1.165, 1.54) is 31.4 Å². The third kappa shape index (κ3) is 6.19. The van der Waals surface area contributed by atoms with Crippen LogP contribution in [0.5, 0.6) is 0 Å². The molecular weight excluding hydrogens is 430 g/mol. The Kier molecular flexibility index (Phi) is 7.67. The molecule has 3 rings (SSSR count). The van der Waals surface area contributed by atoms with Crippen LogP contribution in [-0.4, -0.2) is 48.5 Å². The second kappa shape index (κ2) is 10.4. The summed E-state index contributed by atoms with van der Waals surface area (Å²) in [6.45, 7) is 5.62. The zero-order chi connectivity index (χ0) is 23.1. The van der Waals surface area contributed by atoms with E-state index in [2.05, 4.69) is 30.0 Å². The highest BCUT2D eigenvalue weighted by atomic mass is 32.2. The van der Waals surface area contributed by atoms with Gasteiger partial charge in [-0.05, 0) is 51.0 Å². The SMILES string of the molecule is CCN(CC)c1nc(Nc2ccc(S(=O)(=O)N=C(N)N)cc2)nc(NC2CCCCC2)n1. The van der Waals surface area contributed by atoms with Crippen molar-refractivity contribution in [3.05, 3.63) is 24.3 Å². The van der Waals surface area contributed by atoms with Crippen LogP contribution in [0.3, 0.4) is 0 Å². The van der Waals surface area contributed by atoms with Gasteiger partial charge in [0.25, 0.3) is 10.0 Å². The van der Waals surface area contributed by atoms with Crippen LogP contribution in [0.25, 0.3) is 0 Å². The van der Waals surface area contributed by atoms with E-state index in [0.29, 0.717) is 29.6 Å². The van der Waals surface area contributed by atoms with Crippen molar-refractivity contribution in [2.75, 3.05) is 28.6 Å². The van der Waals surface area contributed by atoms with E-state index in [0.717, 1.165) is 25.9 Å². The quantitative estimate of drug-likeness (QED) is 0.321. The molecule has 11 nitrogen and oxygen atoms in total. The van der Waals surface area contributed by atoms with Crippen molar-refractivity contribution in [1.82, 2.24) is 15.0 Å². The summed E-state index contributed by atoms with van der Waals surface area (Å²) >= 11 is 0. The zero-order valence-corrected chi connectivity index (χ0v) is 19.3. The van der Waals surface area contributed by atoms with E-state index < -0.39 is 16.0 Å². The first-order valence-electron chi connectivity index (χ1n) is 10.8. The number of sulfonamides is 1. The maximum atomic E-state index is 12.1. The molecule has 1 aromatic heterocycles. The number of nitrogens with two attached hydrogens (primary N) is 2. The van der Waals surface area contributed by atoms with Gasteiger partial charge in [-0.1, -0.05) is 19.3 Å². The van der Waals surface area contributed by atoms with Crippen molar-refractivity contribution in [1.29, 1.82) is 0 Å². The van der Waals surface area contributed by atoms with Crippen LogP contribution in [0.15, 0.2) is 33.6 Å². The average Bonchev–Trinajstić information content (AvgIpc) is 2.75. The van der Waals surface area contributed by atoms with E-state index in [4.69, 9.17) is 11.5 Å². The zero-order valence-electron chi connectivity index (χ0n) is 18.5. The summed E-state index contributed by atoms with van der Waals surface area (Å²) in [7, 11) is -3.94. The lowest BCUT2D eigenvalue weighted by Gasteiger charge is -2.24. The van der Waals surface area contributed by atoms with Gasteiger partial charge >= 0.3 is 0 Å². The Bertz CT molecular complexity index is 1030. The van der Waals surface area contributed by atoms with Gasteiger partial charge in [0.2, 0.25) is 23.8 Å². The molecule has 2 aromatic rings. The molecule has 0 bridgehead atoms. The topological polar surface area (TPSA) is 165 Å². The Labute approximate surface area is 188 Å². The predicted octanol–water partition coefficient (Wildman–Crippen LogP) is 2.17. The molecule has 174 valence electrons. The summed E-state index contributed by atoms with van der Waals surface area (Å²) in [5.41, 5.74) is 11.0. The standard InChI is InChI=1S/C20H31N9O2S/c1-3-29(4-2)20-26-18(23-14-8-6-5-7-9-14)25-19(27-20)24-15-10-12-16(13-11-15)32(30,31)28-17(21)22/h10-14H,3-9H2,1-2H3,(H4,21,22,28)(H2,23,24,25,26,27). The van der Waals surface area contributed by atoms with Gasteiger partial charge in [-0.3, -0.25) is 0 Å². The first-order valence-corrected chi connectivity index (χ1v) is 12.2. The lowest BCUT2D eigenvalue weighted by Crippen LogP contribution is -2.27. The van der Waals surface area contributed by atoms with Gasteiger partial charge in [-0.25, -0.2) is 0 Å². The van der Waals surface area contributed by atoms with Crippen LogP contribution >= 0.6 is 0 Å². The summed E-state index contributed by atoms with van der Waals surface area (Å²) < 4.78 is 27.5. The second-order valence-corrected chi connectivity index (χ2v) is 9.18. The minimum atomic E-state index is -3.94. The summed E-state index contributed by atoms with van der Waals surface area (Å²) in [5, 5.41) is 6.59. The number of anilines is 4. The van der Waals surface area contributed by atoms with Gasteiger partial charge in [0.05, 0.1) is 4.90 Å². The fourth-order valence-electron chi connectivity index (χ4n) is 3.59. The van der Waals surface area contributed by atoms with Crippen molar-refractivity contribution >= 4 is 39.5 Å². The highest BCUT2D eigenvalue weighted by Crippen LogP contribution is 2.23. The predicted molar refractivity (Wildman–Crippen MR) is 127 cm³/mol. The Balaban J connectivity index is 1.84. The molecule has 32 heavy (non-hydrogen) atoms. The van der Waals surface area contributed by atoms with Gasteiger partial charge in [0.15, 0.2) is 0 Å². The van der Waals surface area contributed by atoms with Crippen molar-refractivity contribution < 1.29 is 8.42 Å². The number of hydrogen-bond donors (Lipinski definition) is 4. The highest BCUT2D eigenvalue weighted by molar-refractivity contribution is 7.90. The molecule has 6 N–H and O–H groups in total. The van der Waals surface area contributed by atoms with Crippen LogP contribution < -0.4 is 27.0 Å². The molecule has 0 spiro atoms. The maximum absolute atomic E-state index is 12.1. The molecular formula is C20H31N9O2S. The third-order valence-corrected chi connectivity index (χ3v) is 6.56. The molecule has 0 saturated heterocycles. The lowest BCUT2D eigenvalue weighted by molar-refractivity contribution is 0.460. The number of benzene rings is 1. The molecule has 0 atom stereocenters. The third-order valence-electron chi connectivity index (χ3n) is 5.24. The first-order chi connectivity index (χ1) is 15.3. The van der Waals surface area contributed by atoms with Crippen LogP contribution in [0.2, 0.25) is 0 Å². The van der Waals surface area contributed by atoms with Crippen molar-refractivity contribution in [2.45, 2.75) is 56.9 Å². The molecule has 1 aromatic carbocycles. The van der Waals surface area contributed by atoms with Crippen LogP contribution in [0, 0.1) is 0 Å². The molecule has 1 aliphatic carbocycles. The number of aromatic nitrogens is 3. The second-order valence-electron chi connectivity index (χ2n) is 7.57. The van der Waals surface area contributed by atoms with Gasteiger partial charge in [0.1, 0.15) is 0 Å². The van der Waals surface area contributed by atoms with E-state index in [1.54, 1.807) is 12.1 Å². The number of hydrogen-bond acceptors (Lipinski definition) is 8. The monoisotopic (exact) mass is 461 g/mol. The fourth-order valence-corrected chi connectivity index (χ4v) is 4.46. The van der Waals surface area contributed by atoms with Gasteiger partial charge in [-0.2, -0.15) is 23.4 Å². The molecule has 0 amide bonds. The summed E-state index contributed by atoms with van der Waals surface area (Å²) in [5.74, 6) is 0.973. The molecule has 1 aliphatic rings. The largest absolute Gasteiger partial charge is 0.369 e. The minimum absolute atomic E-state index is 0.0180. The van der Waals surface area contributed by atoms with Crippen LogP contribution in [0.4, 0.5) is 23.5 Å². The molecule has 1 saturated carbocycles. The number of rotatable bonds is 9. The van der Waals surface area contributed by atoms with Crippen molar-refractivity contribution in [2.24, 2.45) is 15.9 Å². The Morgan fingerprint density at radius 1 is 1.03 bits per heavy atom. The smallest absolute Gasteiger partial charge is 0.285 e. The summed E-state index contributed by atoms with van der Waals surface area (Å²) in [6.07, 6.45) is 5.86. The molecule has 0 unspecified atom stereocenters. The molecule has 0 aliphatic heterocycles. The highest BCUT2D eigenvalue weighted by Gasteiger charge is 2.18. The minimum Gasteiger partial charge on any atom is -0.369 e. The molecule has 12 heteroatoms. The Hall–Kier alpha value is -3.15. The Morgan fingerprint density at radius 3 is 2.25 bits per heavy atom. The van der Waals surface area contributed by atoms with E-state index in [1.807, 2.05) is 18.7 Å². The van der Waals surface area contributed by atoms with Gasteiger partial charge in [0, 0.05) is 24.8 Å². The molecule has 0 radical (unpaired) electrons. The Morgan fingerprint density at radius 2 is 1.66 bits per heavy atom. The normalized spacial score (nSPS) is 14.6. The number of guanidine groups is 1. The van der Waals surface area contributed by atoms with Crippen molar-refractivity contribution in [3.63, 3.8) is 0 Å². The summed E-state index contributed by atoms with van der Waals surface area (Å²) in [6, 6.07) is 6.38. The van der Waals surface area contributed by atoms with Gasteiger partial charge < -0.3 is 27.0 Å². The first kappa shape index (κ1) is 23.5. The van der Waals surface area contributed by atoms with E-state index in [-0.39, 0.29) is 4.90 Å². The average molecular weight is 462 g/mol. The molecule has 1 fully saturated rings. The maximum Gasteiger partial charge on any atom is 0.285 e. The van der Waals surface area contributed by atoms with Crippen LogP contribution in [-0.2, 0) is 10.0 Å². The van der Waals surface area contributed by atoms with E-state index >= 15 is 0 Å².